The number of hydrogen-bond acceptors (Lipinski definition) is 1. The van der Waals surface area contributed by atoms with Gasteiger partial charge in [0.15, 0.2) is 0 Å². The maximum atomic E-state index is 6.10. The van der Waals surface area contributed by atoms with E-state index in [1.54, 1.807) is 0 Å². The van der Waals surface area contributed by atoms with Crippen LogP contribution < -0.4 is 0 Å². The molecule has 92 valence electrons. The Balaban J connectivity index is 1.71. The molecule has 0 saturated heterocycles. The van der Waals surface area contributed by atoms with Crippen LogP contribution in [0.3, 0.4) is 0 Å². The molecule has 0 aromatic heterocycles. The second-order valence-corrected chi connectivity index (χ2v) is 4.88. The van der Waals surface area contributed by atoms with Crippen LogP contribution in [-0.4, -0.2) is 0 Å². The lowest BCUT2D eigenvalue weighted by molar-refractivity contribution is 0.0283. The second-order valence-electron chi connectivity index (χ2n) is 4.88. The lowest BCUT2D eigenvalue weighted by Gasteiger charge is -2.25. The van der Waals surface area contributed by atoms with E-state index in [-0.39, 0.29) is 6.10 Å². The summed E-state index contributed by atoms with van der Waals surface area (Å²) in [7, 11) is 0. The van der Waals surface area contributed by atoms with Crippen molar-refractivity contribution in [3.8, 4) is 0 Å². The smallest absolute Gasteiger partial charge is 0.0832 e. The standard InChI is InChI=1S/C17H18O/c1-2-7-14(8-3-1)13-18-17-12-6-10-15-9-4-5-11-16(15)17/h1-5,7-9,11,17H,6,10,12-13H2. The van der Waals surface area contributed by atoms with Crippen molar-refractivity contribution in [2.24, 2.45) is 0 Å². The molecule has 0 spiro atoms. The number of rotatable bonds is 3. The van der Waals surface area contributed by atoms with Gasteiger partial charge in [-0.2, -0.15) is 0 Å². The van der Waals surface area contributed by atoms with Crippen LogP contribution in [0.25, 0.3) is 0 Å². The van der Waals surface area contributed by atoms with Crippen molar-refractivity contribution in [2.45, 2.75) is 32.0 Å². The quantitative estimate of drug-likeness (QED) is 0.775. The average Bonchev–Trinajstić information content (AvgIpc) is 2.46. The fraction of sp³-hybridized carbons (Fsp3) is 0.294. The van der Waals surface area contributed by atoms with Gasteiger partial charge in [0.1, 0.15) is 0 Å². The van der Waals surface area contributed by atoms with Gasteiger partial charge in [0.25, 0.3) is 0 Å². The van der Waals surface area contributed by atoms with Crippen molar-refractivity contribution in [3.05, 3.63) is 71.3 Å². The molecule has 0 bridgehead atoms. The minimum atomic E-state index is 0.273. The number of aryl methyl sites for hydroxylation is 1. The molecule has 0 amide bonds. The maximum absolute atomic E-state index is 6.10. The fourth-order valence-corrected chi connectivity index (χ4v) is 2.65. The van der Waals surface area contributed by atoms with Crippen LogP contribution >= 0.6 is 0 Å². The molecule has 0 aliphatic heterocycles. The van der Waals surface area contributed by atoms with Gasteiger partial charge in [0, 0.05) is 0 Å². The Kier molecular flexibility index (Phi) is 3.42. The zero-order chi connectivity index (χ0) is 12.2. The highest BCUT2D eigenvalue weighted by Crippen LogP contribution is 2.32. The van der Waals surface area contributed by atoms with Crippen molar-refractivity contribution >= 4 is 0 Å². The molecule has 18 heavy (non-hydrogen) atoms. The van der Waals surface area contributed by atoms with Crippen LogP contribution in [0.1, 0.15) is 35.6 Å². The third kappa shape index (κ3) is 2.46. The summed E-state index contributed by atoms with van der Waals surface area (Å²) in [5, 5.41) is 0. The topological polar surface area (TPSA) is 9.23 Å². The van der Waals surface area contributed by atoms with Crippen molar-refractivity contribution in [1.82, 2.24) is 0 Å². The molecule has 1 atom stereocenters. The van der Waals surface area contributed by atoms with Crippen LogP contribution in [0.2, 0.25) is 0 Å². The molecular weight excluding hydrogens is 220 g/mol. The molecule has 0 N–H and O–H groups in total. The molecule has 1 aliphatic rings. The highest BCUT2D eigenvalue weighted by atomic mass is 16.5. The van der Waals surface area contributed by atoms with E-state index < -0.39 is 0 Å². The first-order valence-electron chi connectivity index (χ1n) is 6.67. The Morgan fingerprint density at radius 3 is 2.61 bits per heavy atom. The van der Waals surface area contributed by atoms with Gasteiger partial charge in [0.05, 0.1) is 12.7 Å². The van der Waals surface area contributed by atoms with Gasteiger partial charge in [-0.3, -0.25) is 0 Å². The first-order chi connectivity index (χ1) is 8.93. The summed E-state index contributed by atoms with van der Waals surface area (Å²) in [5.74, 6) is 0. The van der Waals surface area contributed by atoms with Gasteiger partial charge in [-0.15, -0.1) is 0 Å². The summed E-state index contributed by atoms with van der Waals surface area (Å²) in [6.07, 6.45) is 3.84. The van der Waals surface area contributed by atoms with Crippen molar-refractivity contribution in [1.29, 1.82) is 0 Å². The third-order valence-electron chi connectivity index (χ3n) is 3.61. The van der Waals surface area contributed by atoms with Crippen LogP contribution in [0, 0.1) is 0 Å². The average molecular weight is 238 g/mol. The van der Waals surface area contributed by atoms with Gasteiger partial charge in [-0.1, -0.05) is 54.6 Å². The molecule has 1 unspecified atom stereocenters. The van der Waals surface area contributed by atoms with Crippen LogP contribution in [0.15, 0.2) is 54.6 Å². The molecule has 2 aromatic carbocycles. The summed E-state index contributed by atoms with van der Waals surface area (Å²) >= 11 is 0. The molecule has 0 radical (unpaired) electrons. The molecular formula is C17H18O. The van der Waals surface area contributed by atoms with E-state index in [0.717, 1.165) is 6.42 Å². The summed E-state index contributed by atoms with van der Waals surface area (Å²) in [6, 6.07) is 19.1. The molecule has 0 fully saturated rings. The predicted molar refractivity (Wildman–Crippen MR) is 73.4 cm³/mol. The Hall–Kier alpha value is -1.60. The first kappa shape index (κ1) is 11.5. The number of benzene rings is 2. The minimum absolute atomic E-state index is 0.273. The molecule has 1 nitrogen and oxygen atoms in total. The molecule has 3 rings (SSSR count). The highest BCUT2D eigenvalue weighted by Gasteiger charge is 2.19. The van der Waals surface area contributed by atoms with Crippen LogP contribution in [0.4, 0.5) is 0 Å². The lowest BCUT2D eigenvalue weighted by atomic mass is 9.89. The zero-order valence-corrected chi connectivity index (χ0v) is 10.5. The van der Waals surface area contributed by atoms with E-state index in [2.05, 4.69) is 48.5 Å². The largest absolute Gasteiger partial charge is 0.369 e. The number of hydrogen-bond donors (Lipinski definition) is 0. The fourth-order valence-electron chi connectivity index (χ4n) is 2.65. The van der Waals surface area contributed by atoms with E-state index in [1.807, 2.05) is 6.07 Å². The monoisotopic (exact) mass is 238 g/mol. The highest BCUT2D eigenvalue weighted by molar-refractivity contribution is 5.31. The van der Waals surface area contributed by atoms with Gasteiger partial charge in [0.2, 0.25) is 0 Å². The number of ether oxygens (including phenoxy) is 1. The van der Waals surface area contributed by atoms with E-state index in [0.29, 0.717) is 6.61 Å². The Morgan fingerprint density at radius 1 is 0.944 bits per heavy atom. The zero-order valence-electron chi connectivity index (χ0n) is 10.5. The maximum Gasteiger partial charge on any atom is 0.0832 e. The second kappa shape index (κ2) is 5.36. The molecule has 1 aliphatic carbocycles. The summed E-state index contributed by atoms with van der Waals surface area (Å²) in [6.45, 7) is 0.708. The first-order valence-corrected chi connectivity index (χ1v) is 6.67. The van der Waals surface area contributed by atoms with Crippen molar-refractivity contribution in [3.63, 3.8) is 0 Å². The van der Waals surface area contributed by atoms with Crippen molar-refractivity contribution < 1.29 is 4.74 Å². The van der Waals surface area contributed by atoms with Gasteiger partial charge in [-0.25, -0.2) is 0 Å². The van der Waals surface area contributed by atoms with E-state index in [1.165, 1.54) is 29.5 Å². The van der Waals surface area contributed by atoms with E-state index in [9.17, 15) is 0 Å². The molecule has 0 saturated carbocycles. The molecule has 2 aromatic rings. The van der Waals surface area contributed by atoms with E-state index >= 15 is 0 Å². The summed E-state index contributed by atoms with van der Waals surface area (Å²) in [4.78, 5) is 0. The van der Waals surface area contributed by atoms with Crippen molar-refractivity contribution in [2.75, 3.05) is 0 Å². The number of fused-ring (bicyclic) bond motifs is 1. The normalized spacial score (nSPS) is 18.3. The molecule has 1 heteroatoms. The summed E-state index contributed by atoms with van der Waals surface area (Å²) in [5.41, 5.74) is 4.10. The van der Waals surface area contributed by atoms with Gasteiger partial charge < -0.3 is 4.74 Å². The Bertz CT molecular complexity index is 504. The predicted octanol–water partition coefficient (Wildman–Crippen LogP) is 4.28. The SMILES string of the molecule is c1ccc(COC2CCCc3ccccc32)cc1. The van der Waals surface area contributed by atoms with Gasteiger partial charge in [-0.05, 0) is 36.0 Å². The summed E-state index contributed by atoms with van der Waals surface area (Å²) < 4.78 is 6.10. The molecule has 0 heterocycles. The van der Waals surface area contributed by atoms with Crippen LogP contribution in [0.5, 0.6) is 0 Å². The lowest BCUT2D eigenvalue weighted by Crippen LogP contribution is -2.12. The van der Waals surface area contributed by atoms with Gasteiger partial charge >= 0.3 is 0 Å². The van der Waals surface area contributed by atoms with Crippen LogP contribution in [-0.2, 0) is 17.8 Å². The third-order valence-corrected chi connectivity index (χ3v) is 3.61. The van der Waals surface area contributed by atoms with E-state index in [4.69, 9.17) is 4.74 Å². The Labute approximate surface area is 108 Å². The Morgan fingerprint density at radius 2 is 1.72 bits per heavy atom. The minimum Gasteiger partial charge on any atom is -0.369 e.